The number of hydrogen-bond acceptors (Lipinski definition) is 5. The zero-order chi connectivity index (χ0) is 20.4. The molecule has 0 aromatic heterocycles. The molecule has 4 rings (SSSR count). The summed E-state index contributed by atoms with van der Waals surface area (Å²) in [5.41, 5.74) is 2.57. The normalized spacial score (nSPS) is 17.4. The van der Waals surface area contributed by atoms with E-state index in [2.05, 4.69) is 10.6 Å². The maximum atomic E-state index is 12.6. The van der Waals surface area contributed by atoms with Gasteiger partial charge in [-0.1, -0.05) is 48.2 Å². The molecule has 1 aliphatic rings. The molecule has 5 nitrogen and oxygen atoms in total. The molecule has 0 spiro atoms. The molecule has 1 fully saturated rings. The van der Waals surface area contributed by atoms with E-state index in [1.807, 2.05) is 67.6 Å². The number of ether oxygens (including phenoxy) is 2. The van der Waals surface area contributed by atoms with Gasteiger partial charge in [0.1, 0.15) is 11.5 Å². The monoisotopic (exact) mass is 406 g/mol. The van der Waals surface area contributed by atoms with Crippen LogP contribution in [0, 0.1) is 6.92 Å². The van der Waals surface area contributed by atoms with E-state index in [1.54, 1.807) is 14.2 Å². The zero-order valence-electron chi connectivity index (χ0n) is 16.5. The Hall–Kier alpha value is -3.12. The summed E-state index contributed by atoms with van der Waals surface area (Å²) in [6.45, 7) is 2.02. The van der Waals surface area contributed by atoms with Crippen molar-refractivity contribution in [3.05, 3.63) is 70.6 Å². The lowest BCUT2D eigenvalue weighted by Crippen LogP contribution is -2.31. The van der Waals surface area contributed by atoms with Crippen LogP contribution in [0.25, 0.3) is 16.8 Å². The first-order valence-electron chi connectivity index (χ1n) is 9.25. The molecule has 6 heteroatoms. The Morgan fingerprint density at radius 3 is 2.59 bits per heavy atom. The van der Waals surface area contributed by atoms with Crippen molar-refractivity contribution in [1.82, 2.24) is 5.32 Å². The lowest BCUT2D eigenvalue weighted by Gasteiger charge is -2.16. The first kappa shape index (κ1) is 19.2. The van der Waals surface area contributed by atoms with Crippen LogP contribution in [-0.4, -0.2) is 25.6 Å². The Morgan fingerprint density at radius 1 is 1.03 bits per heavy atom. The van der Waals surface area contributed by atoms with Crippen molar-refractivity contribution in [3.63, 3.8) is 0 Å². The average molecular weight is 407 g/mol. The number of rotatable bonds is 5. The summed E-state index contributed by atoms with van der Waals surface area (Å²) in [5, 5.41) is 8.47. The van der Waals surface area contributed by atoms with Gasteiger partial charge in [-0.2, -0.15) is 0 Å². The Bertz CT molecular complexity index is 1110. The Kier molecular flexibility index (Phi) is 5.36. The number of carbonyl (C=O) groups is 1. The van der Waals surface area contributed by atoms with E-state index < -0.39 is 0 Å². The minimum absolute atomic E-state index is 0.117. The third kappa shape index (κ3) is 3.89. The fraction of sp³-hybridized carbons (Fsp3) is 0.174. The van der Waals surface area contributed by atoms with Crippen LogP contribution in [0.2, 0.25) is 0 Å². The fourth-order valence-corrected chi connectivity index (χ4v) is 4.33. The van der Waals surface area contributed by atoms with Crippen LogP contribution in [0.5, 0.6) is 11.5 Å². The highest BCUT2D eigenvalue weighted by atomic mass is 32.2. The molecule has 0 bridgehead atoms. The molecule has 1 amide bonds. The molecule has 1 saturated heterocycles. The molecule has 1 unspecified atom stereocenters. The van der Waals surface area contributed by atoms with Crippen LogP contribution in [0.1, 0.15) is 11.1 Å². The van der Waals surface area contributed by atoms with E-state index in [0.717, 1.165) is 39.1 Å². The van der Waals surface area contributed by atoms with E-state index in [1.165, 1.54) is 11.8 Å². The first-order chi connectivity index (χ1) is 14.1. The lowest BCUT2D eigenvalue weighted by atomic mass is 10.0. The van der Waals surface area contributed by atoms with Crippen molar-refractivity contribution in [3.8, 4) is 11.5 Å². The molecule has 1 aliphatic heterocycles. The summed E-state index contributed by atoms with van der Waals surface area (Å²) in [6, 6.07) is 17.9. The van der Waals surface area contributed by atoms with Crippen LogP contribution in [0.15, 0.2) is 59.5 Å². The van der Waals surface area contributed by atoms with Crippen LogP contribution in [0.4, 0.5) is 5.69 Å². The van der Waals surface area contributed by atoms with E-state index in [0.29, 0.717) is 4.91 Å². The molecule has 3 aromatic carbocycles. The summed E-state index contributed by atoms with van der Waals surface area (Å²) in [7, 11) is 3.27. The van der Waals surface area contributed by atoms with Gasteiger partial charge in [-0.25, -0.2) is 0 Å². The molecular formula is C23H22N2O3S. The average Bonchev–Trinajstić information content (AvgIpc) is 3.07. The van der Waals surface area contributed by atoms with Gasteiger partial charge in [0.25, 0.3) is 5.91 Å². The van der Waals surface area contributed by atoms with Crippen LogP contribution < -0.4 is 20.1 Å². The smallest absolute Gasteiger partial charge is 0.260 e. The minimum Gasteiger partial charge on any atom is -0.496 e. The maximum Gasteiger partial charge on any atom is 0.260 e. The largest absolute Gasteiger partial charge is 0.496 e. The molecule has 29 heavy (non-hydrogen) atoms. The van der Waals surface area contributed by atoms with Crippen molar-refractivity contribution < 1.29 is 14.3 Å². The second-order valence-electron chi connectivity index (χ2n) is 6.73. The number of methoxy groups -OCH3 is 2. The predicted molar refractivity (Wildman–Crippen MR) is 119 cm³/mol. The highest BCUT2D eigenvalue weighted by molar-refractivity contribution is 8.05. The summed E-state index contributed by atoms with van der Waals surface area (Å²) < 4.78 is 11.0. The summed E-state index contributed by atoms with van der Waals surface area (Å²) >= 11 is 1.44. The van der Waals surface area contributed by atoms with Gasteiger partial charge in [0.05, 0.1) is 24.8 Å². The SMILES string of the molecule is COc1ccc(C)cc1NC1NC(=O)/C(=C/c2c(OC)ccc3ccccc23)S1. The van der Waals surface area contributed by atoms with E-state index in [4.69, 9.17) is 9.47 Å². The summed E-state index contributed by atoms with van der Waals surface area (Å²) in [4.78, 5) is 13.3. The van der Waals surface area contributed by atoms with Gasteiger partial charge >= 0.3 is 0 Å². The molecular weight excluding hydrogens is 384 g/mol. The number of benzene rings is 3. The molecule has 2 N–H and O–H groups in total. The number of aryl methyl sites for hydroxylation is 1. The molecule has 148 valence electrons. The number of hydrogen-bond donors (Lipinski definition) is 2. The third-order valence-corrected chi connectivity index (χ3v) is 5.83. The van der Waals surface area contributed by atoms with Crippen molar-refractivity contribution in [1.29, 1.82) is 0 Å². The highest BCUT2D eigenvalue weighted by Gasteiger charge is 2.28. The van der Waals surface area contributed by atoms with Crippen molar-refractivity contribution in [2.75, 3.05) is 19.5 Å². The minimum atomic E-state index is -0.287. The van der Waals surface area contributed by atoms with E-state index in [-0.39, 0.29) is 11.4 Å². The second-order valence-corrected chi connectivity index (χ2v) is 7.88. The Balaban J connectivity index is 1.65. The molecule has 1 atom stereocenters. The number of anilines is 1. The van der Waals surface area contributed by atoms with Crippen molar-refractivity contribution >= 4 is 40.2 Å². The number of thioether (sulfide) groups is 1. The van der Waals surface area contributed by atoms with Crippen LogP contribution >= 0.6 is 11.8 Å². The summed E-state index contributed by atoms with van der Waals surface area (Å²) in [6.07, 6.45) is 1.90. The Morgan fingerprint density at radius 2 is 1.79 bits per heavy atom. The van der Waals surface area contributed by atoms with E-state index >= 15 is 0 Å². The first-order valence-corrected chi connectivity index (χ1v) is 10.1. The van der Waals surface area contributed by atoms with Gasteiger partial charge in [-0.3, -0.25) is 4.79 Å². The molecule has 0 aliphatic carbocycles. The molecule has 1 heterocycles. The topological polar surface area (TPSA) is 59.6 Å². The maximum absolute atomic E-state index is 12.6. The molecule has 0 saturated carbocycles. The summed E-state index contributed by atoms with van der Waals surface area (Å²) in [5.74, 6) is 1.36. The Labute approximate surface area is 174 Å². The van der Waals surface area contributed by atoms with Crippen LogP contribution in [-0.2, 0) is 4.79 Å². The fourth-order valence-electron chi connectivity index (χ4n) is 3.37. The third-order valence-electron chi connectivity index (χ3n) is 4.80. The standard InChI is InChI=1S/C23H22N2O3S/c1-14-8-10-20(28-3)18(12-14)24-23-25-22(26)21(29-23)13-17-16-7-5-4-6-15(16)9-11-19(17)27-2/h4-13,23-24H,1-3H3,(H,25,26)/b21-13-. The number of carbonyl (C=O) groups excluding carboxylic acids is 1. The van der Waals surface area contributed by atoms with Gasteiger partial charge < -0.3 is 20.1 Å². The van der Waals surface area contributed by atoms with Gasteiger partial charge in [0.2, 0.25) is 0 Å². The van der Waals surface area contributed by atoms with E-state index in [9.17, 15) is 4.79 Å². The number of nitrogens with one attached hydrogen (secondary N) is 2. The van der Waals surface area contributed by atoms with Gasteiger partial charge in [0, 0.05) is 5.56 Å². The van der Waals surface area contributed by atoms with Gasteiger partial charge in [-0.15, -0.1) is 0 Å². The van der Waals surface area contributed by atoms with Gasteiger partial charge in [-0.05, 0) is 47.5 Å². The highest BCUT2D eigenvalue weighted by Crippen LogP contribution is 2.36. The number of fused-ring (bicyclic) bond motifs is 1. The zero-order valence-corrected chi connectivity index (χ0v) is 17.3. The predicted octanol–water partition coefficient (Wildman–Crippen LogP) is 4.77. The molecule has 3 aromatic rings. The molecule has 0 radical (unpaired) electrons. The van der Waals surface area contributed by atoms with Crippen LogP contribution in [0.3, 0.4) is 0 Å². The van der Waals surface area contributed by atoms with Crippen molar-refractivity contribution in [2.45, 2.75) is 12.4 Å². The van der Waals surface area contributed by atoms with Gasteiger partial charge in [0.15, 0.2) is 5.50 Å². The quantitative estimate of drug-likeness (QED) is 0.598. The second kappa shape index (κ2) is 8.09. The number of amides is 1. The van der Waals surface area contributed by atoms with Crippen molar-refractivity contribution in [2.24, 2.45) is 0 Å². The lowest BCUT2D eigenvalue weighted by molar-refractivity contribution is -0.116.